The molecule has 0 amide bonds. The fourth-order valence-corrected chi connectivity index (χ4v) is 1.77. The van der Waals surface area contributed by atoms with Crippen molar-refractivity contribution in [3.63, 3.8) is 0 Å². The summed E-state index contributed by atoms with van der Waals surface area (Å²) in [5.41, 5.74) is 12.7. The minimum atomic E-state index is -0.383. The van der Waals surface area contributed by atoms with E-state index in [0.29, 0.717) is 6.42 Å². The molecule has 0 fully saturated rings. The van der Waals surface area contributed by atoms with Crippen molar-refractivity contribution in [3.8, 4) is 5.75 Å². The summed E-state index contributed by atoms with van der Waals surface area (Å²) in [7, 11) is 0. The molecular weight excluding hydrogens is 192 g/mol. The van der Waals surface area contributed by atoms with Crippen LogP contribution in [-0.2, 0) is 11.2 Å². The topological polar surface area (TPSA) is 78.3 Å². The van der Waals surface area contributed by atoms with Crippen molar-refractivity contribution in [2.24, 2.45) is 5.73 Å². The number of hydrogen-bond donors (Lipinski definition) is 2. The molecule has 0 spiro atoms. The molecule has 1 unspecified atom stereocenters. The van der Waals surface area contributed by atoms with Crippen molar-refractivity contribution in [2.45, 2.75) is 18.9 Å². The van der Waals surface area contributed by atoms with Crippen molar-refractivity contribution < 1.29 is 9.53 Å². The molecule has 1 atom stereocenters. The van der Waals surface area contributed by atoms with Crippen molar-refractivity contribution >= 4 is 11.5 Å². The minimum absolute atomic E-state index is 0.0367. The average molecular weight is 206 g/mol. The first-order valence-electron chi connectivity index (χ1n) is 4.98. The second-order valence-electron chi connectivity index (χ2n) is 3.68. The Balaban J connectivity index is 2.20. The molecule has 0 aromatic heterocycles. The standard InChI is InChI=1S/C11H14N2O2/c12-6-9(14)11-3-1-7-5-8(13)2-4-10(7)15-11/h2,4-5,11H,1,3,6,12-13H2. The van der Waals surface area contributed by atoms with Gasteiger partial charge in [0, 0.05) is 5.69 Å². The predicted molar refractivity (Wildman–Crippen MR) is 57.7 cm³/mol. The summed E-state index contributed by atoms with van der Waals surface area (Å²) in [5.74, 6) is 0.708. The van der Waals surface area contributed by atoms with E-state index in [0.717, 1.165) is 23.4 Å². The van der Waals surface area contributed by atoms with Gasteiger partial charge in [0.25, 0.3) is 0 Å². The zero-order valence-corrected chi connectivity index (χ0v) is 8.40. The Labute approximate surface area is 88.2 Å². The van der Waals surface area contributed by atoms with Gasteiger partial charge < -0.3 is 16.2 Å². The smallest absolute Gasteiger partial charge is 0.186 e. The van der Waals surface area contributed by atoms with Crippen LogP contribution in [0.25, 0.3) is 0 Å². The molecule has 0 saturated carbocycles. The number of ether oxygens (including phenoxy) is 1. The van der Waals surface area contributed by atoms with E-state index in [1.807, 2.05) is 6.07 Å². The lowest BCUT2D eigenvalue weighted by atomic mass is 9.99. The van der Waals surface area contributed by atoms with E-state index < -0.39 is 0 Å². The van der Waals surface area contributed by atoms with Gasteiger partial charge in [0.05, 0.1) is 6.54 Å². The molecule has 1 aliphatic rings. The third kappa shape index (κ3) is 1.94. The van der Waals surface area contributed by atoms with Crippen LogP contribution in [0.2, 0.25) is 0 Å². The average Bonchev–Trinajstić information content (AvgIpc) is 2.27. The van der Waals surface area contributed by atoms with Gasteiger partial charge in [0.2, 0.25) is 0 Å². The molecule has 4 N–H and O–H groups in total. The Morgan fingerprint density at radius 1 is 1.53 bits per heavy atom. The largest absolute Gasteiger partial charge is 0.482 e. The van der Waals surface area contributed by atoms with Crippen molar-refractivity contribution in [3.05, 3.63) is 23.8 Å². The molecule has 4 nitrogen and oxygen atoms in total. The number of carbonyl (C=O) groups is 1. The summed E-state index contributed by atoms with van der Waals surface area (Å²) in [6, 6.07) is 5.47. The van der Waals surface area contributed by atoms with Crippen LogP contribution >= 0.6 is 0 Å². The zero-order valence-electron chi connectivity index (χ0n) is 8.40. The van der Waals surface area contributed by atoms with Gasteiger partial charge in [0.15, 0.2) is 11.9 Å². The van der Waals surface area contributed by atoms with Gasteiger partial charge in [-0.25, -0.2) is 0 Å². The number of benzene rings is 1. The van der Waals surface area contributed by atoms with E-state index in [-0.39, 0.29) is 18.4 Å². The van der Waals surface area contributed by atoms with Gasteiger partial charge in [-0.1, -0.05) is 0 Å². The first kappa shape index (κ1) is 9.98. The highest BCUT2D eigenvalue weighted by Gasteiger charge is 2.24. The van der Waals surface area contributed by atoms with Crippen LogP contribution in [0.15, 0.2) is 18.2 Å². The summed E-state index contributed by atoms with van der Waals surface area (Å²) in [4.78, 5) is 11.4. The van der Waals surface area contributed by atoms with Gasteiger partial charge in [-0.2, -0.15) is 0 Å². The number of carbonyl (C=O) groups excluding carboxylic acids is 1. The summed E-state index contributed by atoms with van der Waals surface area (Å²) in [5, 5.41) is 0. The molecule has 0 radical (unpaired) electrons. The first-order chi connectivity index (χ1) is 7.20. The molecule has 0 saturated heterocycles. The van der Waals surface area contributed by atoms with Crippen molar-refractivity contribution in [2.75, 3.05) is 12.3 Å². The molecule has 80 valence electrons. The van der Waals surface area contributed by atoms with Gasteiger partial charge in [0.1, 0.15) is 5.75 Å². The minimum Gasteiger partial charge on any atom is -0.482 e. The third-order valence-electron chi connectivity index (χ3n) is 2.59. The number of anilines is 1. The van der Waals surface area contributed by atoms with Gasteiger partial charge in [-0.3, -0.25) is 4.79 Å². The maximum atomic E-state index is 11.4. The number of fused-ring (bicyclic) bond motifs is 1. The van der Waals surface area contributed by atoms with E-state index in [2.05, 4.69) is 0 Å². The number of ketones is 1. The lowest BCUT2D eigenvalue weighted by Gasteiger charge is -2.24. The second-order valence-corrected chi connectivity index (χ2v) is 3.68. The molecule has 1 aliphatic heterocycles. The number of rotatable bonds is 2. The molecule has 2 rings (SSSR count). The molecule has 4 heteroatoms. The Morgan fingerprint density at radius 2 is 2.33 bits per heavy atom. The number of nitrogen functional groups attached to an aromatic ring is 1. The Hall–Kier alpha value is -1.55. The highest BCUT2D eigenvalue weighted by molar-refractivity contribution is 5.85. The number of hydrogen-bond acceptors (Lipinski definition) is 4. The quantitative estimate of drug-likeness (QED) is 0.690. The normalized spacial score (nSPS) is 19.1. The molecule has 1 aromatic carbocycles. The fourth-order valence-electron chi connectivity index (χ4n) is 1.77. The molecule has 0 bridgehead atoms. The van der Waals surface area contributed by atoms with Crippen LogP contribution in [0.5, 0.6) is 5.75 Å². The van der Waals surface area contributed by atoms with Crippen LogP contribution in [0, 0.1) is 0 Å². The zero-order chi connectivity index (χ0) is 10.8. The monoisotopic (exact) mass is 206 g/mol. The van der Waals surface area contributed by atoms with Gasteiger partial charge >= 0.3 is 0 Å². The highest BCUT2D eigenvalue weighted by atomic mass is 16.5. The number of aryl methyl sites for hydroxylation is 1. The lowest BCUT2D eigenvalue weighted by Crippen LogP contribution is -2.35. The summed E-state index contributed by atoms with van der Waals surface area (Å²) in [6.07, 6.45) is 1.12. The van der Waals surface area contributed by atoms with Crippen LogP contribution in [0.3, 0.4) is 0 Å². The Bertz CT molecular complexity index is 390. The van der Waals surface area contributed by atoms with E-state index in [4.69, 9.17) is 16.2 Å². The van der Waals surface area contributed by atoms with E-state index in [1.165, 1.54) is 0 Å². The van der Waals surface area contributed by atoms with E-state index in [1.54, 1.807) is 12.1 Å². The fraction of sp³-hybridized carbons (Fsp3) is 0.364. The summed E-state index contributed by atoms with van der Waals surface area (Å²) < 4.78 is 5.55. The molecule has 1 aromatic rings. The second kappa shape index (κ2) is 3.90. The predicted octanol–water partition coefficient (Wildman–Crippen LogP) is 0.490. The summed E-state index contributed by atoms with van der Waals surface area (Å²) >= 11 is 0. The first-order valence-corrected chi connectivity index (χ1v) is 4.98. The van der Waals surface area contributed by atoms with Crippen molar-refractivity contribution in [1.29, 1.82) is 0 Å². The molecule has 15 heavy (non-hydrogen) atoms. The Kier molecular flexibility index (Phi) is 2.60. The SMILES string of the molecule is NCC(=O)C1CCc2cc(N)ccc2O1. The van der Waals surface area contributed by atoms with E-state index in [9.17, 15) is 4.79 Å². The lowest BCUT2D eigenvalue weighted by molar-refractivity contribution is -0.125. The molecule has 1 heterocycles. The maximum absolute atomic E-state index is 11.4. The summed E-state index contributed by atoms with van der Waals surface area (Å²) in [6.45, 7) is 0.0367. The van der Waals surface area contributed by atoms with Gasteiger partial charge in [-0.15, -0.1) is 0 Å². The van der Waals surface area contributed by atoms with Crippen LogP contribution in [0.4, 0.5) is 5.69 Å². The molecular formula is C11H14N2O2. The third-order valence-corrected chi connectivity index (χ3v) is 2.59. The Morgan fingerprint density at radius 3 is 3.07 bits per heavy atom. The van der Waals surface area contributed by atoms with Crippen LogP contribution < -0.4 is 16.2 Å². The maximum Gasteiger partial charge on any atom is 0.186 e. The molecule has 0 aliphatic carbocycles. The van der Waals surface area contributed by atoms with Crippen LogP contribution in [-0.4, -0.2) is 18.4 Å². The number of nitrogens with two attached hydrogens (primary N) is 2. The highest BCUT2D eigenvalue weighted by Crippen LogP contribution is 2.29. The van der Waals surface area contributed by atoms with E-state index >= 15 is 0 Å². The number of Topliss-reactive ketones (excluding diaryl/α,β-unsaturated/α-hetero) is 1. The van der Waals surface area contributed by atoms with Crippen LogP contribution in [0.1, 0.15) is 12.0 Å². The van der Waals surface area contributed by atoms with Crippen molar-refractivity contribution in [1.82, 2.24) is 0 Å². The van der Waals surface area contributed by atoms with Gasteiger partial charge in [-0.05, 0) is 36.6 Å².